The lowest BCUT2D eigenvalue weighted by Gasteiger charge is -2.19. The second kappa shape index (κ2) is 6.76. The molecule has 1 atom stereocenters. The molecule has 0 aliphatic heterocycles. The maximum atomic E-state index is 9.28. The largest absolute Gasteiger partial charge is 0.491 e. The first-order valence-corrected chi connectivity index (χ1v) is 6.40. The molecule has 1 unspecified atom stereocenters. The van der Waals surface area contributed by atoms with Crippen molar-refractivity contribution in [1.82, 2.24) is 0 Å². The van der Waals surface area contributed by atoms with Crippen LogP contribution in [0.25, 0.3) is 0 Å². The van der Waals surface area contributed by atoms with Gasteiger partial charge in [0.2, 0.25) is 0 Å². The summed E-state index contributed by atoms with van der Waals surface area (Å²) >= 11 is 0. The highest BCUT2D eigenvalue weighted by Gasteiger charge is 2.09. The Morgan fingerprint density at radius 2 is 1.72 bits per heavy atom. The first-order valence-electron chi connectivity index (χ1n) is 6.40. The van der Waals surface area contributed by atoms with Crippen molar-refractivity contribution in [2.45, 2.75) is 45.8 Å². The number of aliphatic hydroxyl groups is 1. The molecule has 1 rings (SSSR count). The minimum Gasteiger partial charge on any atom is -0.491 e. The summed E-state index contributed by atoms with van der Waals surface area (Å²) < 4.78 is 11.1. The lowest BCUT2D eigenvalue weighted by Crippen LogP contribution is -2.22. The van der Waals surface area contributed by atoms with Crippen LogP contribution in [0.5, 0.6) is 5.75 Å². The first kappa shape index (κ1) is 15.0. The van der Waals surface area contributed by atoms with Gasteiger partial charge >= 0.3 is 0 Å². The van der Waals surface area contributed by atoms with Crippen LogP contribution in [0.15, 0.2) is 24.3 Å². The Labute approximate surface area is 110 Å². The number of hydrogen-bond acceptors (Lipinski definition) is 3. The molecule has 0 fully saturated rings. The summed E-state index contributed by atoms with van der Waals surface area (Å²) in [6.07, 6.45) is 0.366. The van der Waals surface area contributed by atoms with E-state index in [1.165, 1.54) is 0 Å². The van der Waals surface area contributed by atoms with Gasteiger partial charge in [-0.05, 0) is 51.8 Å². The van der Waals surface area contributed by atoms with Gasteiger partial charge in [0.25, 0.3) is 0 Å². The molecule has 0 amide bonds. The molecule has 1 aromatic rings. The topological polar surface area (TPSA) is 38.7 Å². The maximum Gasteiger partial charge on any atom is 0.119 e. The molecule has 0 aliphatic rings. The summed E-state index contributed by atoms with van der Waals surface area (Å²) in [4.78, 5) is 0. The predicted molar refractivity (Wildman–Crippen MR) is 73.0 cm³/mol. The van der Waals surface area contributed by atoms with E-state index in [1.807, 2.05) is 45.0 Å². The lowest BCUT2D eigenvalue weighted by molar-refractivity contribution is -0.0163. The molecule has 0 aliphatic carbocycles. The van der Waals surface area contributed by atoms with Crippen molar-refractivity contribution in [3.63, 3.8) is 0 Å². The van der Waals surface area contributed by atoms with Crippen LogP contribution < -0.4 is 4.74 Å². The third-order valence-electron chi connectivity index (χ3n) is 2.34. The van der Waals surface area contributed by atoms with Crippen molar-refractivity contribution >= 4 is 0 Å². The summed E-state index contributed by atoms with van der Waals surface area (Å²) in [6.45, 7) is 8.99. The smallest absolute Gasteiger partial charge is 0.119 e. The monoisotopic (exact) mass is 252 g/mol. The number of benzene rings is 1. The van der Waals surface area contributed by atoms with Gasteiger partial charge in [-0.15, -0.1) is 0 Å². The predicted octanol–water partition coefficient (Wildman–Crippen LogP) is 2.80. The summed E-state index contributed by atoms with van der Waals surface area (Å²) in [7, 11) is 0. The van der Waals surface area contributed by atoms with Crippen molar-refractivity contribution in [3.8, 4) is 5.75 Å². The standard InChI is InChI=1S/C15H24O3/c1-12(16)11-13-5-7-14(8-6-13)17-9-10-18-15(2,3)4/h5-8,12,16H,9-11H2,1-4H3. The van der Waals surface area contributed by atoms with E-state index in [0.29, 0.717) is 19.6 Å². The van der Waals surface area contributed by atoms with Crippen LogP contribution in [-0.2, 0) is 11.2 Å². The molecule has 18 heavy (non-hydrogen) atoms. The van der Waals surface area contributed by atoms with Gasteiger partial charge in [-0.2, -0.15) is 0 Å². The van der Waals surface area contributed by atoms with E-state index in [0.717, 1.165) is 11.3 Å². The lowest BCUT2D eigenvalue weighted by atomic mass is 10.1. The zero-order valence-corrected chi connectivity index (χ0v) is 11.8. The van der Waals surface area contributed by atoms with E-state index in [4.69, 9.17) is 9.47 Å². The zero-order valence-electron chi connectivity index (χ0n) is 11.8. The molecule has 3 heteroatoms. The van der Waals surface area contributed by atoms with Gasteiger partial charge in [0, 0.05) is 0 Å². The highest BCUT2D eigenvalue weighted by Crippen LogP contribution is 2.14. The summed E-state index contributed by atoms with van der Waals surface area (Å²) in [6, 6.07) is 7.81. The molecule has 1 N–H and O–H groups in total. The van der Waals surface area contributed by atoms with E-state index in [9.17, 15) is 5.11 Å². The highest BCUT2D eigenvalue weighted by atomic mass is 16.5. The fourth-order valence-corrected chi connectivity index (χ4v) is 1.57. The molecule has 0 heterocycles. The highest BCUT2D eigenvalue weighted by molar-refractivity contribution is 5.27. The fourth-order valence-electron chi connectivity index (χ4n) is 1.57. The first-order chi connectivity index (χ1) is 8.37. The van der Waals surface area contributed by atoms with Crippen LogP contribution in [0, 0.1) is 0 Å². The number of aliphatic hydroxyl groups excluding tert-OH is 1. The van der Waals surface area contributed by atoms with Crippen LogP contribution in [0.1, 0.15) is 33.3 Å². The molecule has 0 aromatic heterocycles. The van der Waals surface area contributed by atoms with Gasteiger partial charge in [-0.3, -0.25) is 0 Å². The van der Waals surface area contributed by atoms with Crippen LogP contribution in [0.3, 0.4) is 0 Å². The minimum atomic E-state index is -0.308. The van der Waals surface area contributed by atoms with Gasteiger partial charge in [0.1, 0.15) is 12.4 Å². The van der Waals surface area contributed by atoms with Crippen LogP contribution in [0.2, 0.25) is 0 Å². The summed E-state index contributed by atoms with van der Waals surface area (Å²) in [5.74, 6) is 0.835. The van der Waals surface area contributed by atoms with Crippen LogP contribution in [0.4, 0.5) is 0 Å². The Balaban J connectivity index is 2.31. The van der Waals surface area contributed by atoms with Crippen molar-refractivity contribution in [3.05, 3.63) is 29.8 Å². The Bertz CT molecular complexity index is 336. The maximum absolute atomic E-state index is 9.28. The van der Waals surface area contributed by atoms with E-state index >= 15 is 0 Å². The Morgan fingerprint density at radius 1 is 1.11 bits per heavy atom. The minimum absolute atomic E-state index is 0.121. The van der Waals surface area contributed by atoms with Gasteiger partial charge in [-0.25, -0.2) is 0 Å². The second-order valence-electron chi connectivity index (χ2n) is 5.51. The average Bonchev–Trinajstić information content (AvgIpc) is 2.24. The molecular weight excluding hydrogens is 228 g/mol. The Morgan fingerprint density at radius 3 is 2.22 bits per heavy atom. The third-order valence-corrected chi connectivity index (χ3v) is 2.34. The van der Waals surface area contributed by atoms with Crippen LogP contribution in [-0.4, -0.2) is 30.0 Å². The molecule has 0 radical (unpaired) electrons. The number of hydrogen-bond donors (Lipinski definition) is 1. The SMILES string of the molecule is CC(O)Cc1ccc(OCCOC(C)(C)C)cc1. The van der Waals surface area contributed by atoms with Crippen molar-refractivity contribution in [1.29, 1.82) is 0 Å². The Kier molecular flexibility index (Phi) is 5.63. The summed E-state index contributed by atoms with van der Waals surface area (Å²) in [5, 5.41) is 9.28. The van der Waals surface area contributed by atoms with Crippen molar-refractivity contribution in [2.75, 3.05) is 13.2 Å². The molecule has 0 bridgehead atoms. The van der Waals surface area contributed by atoms with Gasteiger partial charge in [0.05, 0.1) is 18.3 Å². The van der Waals surface area contributed by atoms with E-state index in [-0.39, 0.29) is 11.7 Å². The molecular formula is C15H24O3. The number of ether oxygens (including phenoxy) is 2. The quantitative estimate of drug-likeness (QED) is 0.791. The second-order valence-corrected chi connectivity index (χ2v) is 5.51. The summed E-state index contributed by atoms with van der Waals surface area (Å²) in [5.41, 5.74) is 0.994. The van der Waals surface area contributed by atoms with Gasteiger partial charge in [0.15, 0.2) is 0 Å². The molecule has 0 spiro atoms. The fraction of sp³-hybridized carbons (Fsp3) is 0.600. The van der Waals surface area contributed by atoms with Gasteiger partial charge in [-0.1, -0.05) is 12.1 Å². The third kappa shape index (κ3) is 6.62. The molecule has 1 aromatic carbocycles. The van der Waals surface area contributed by atoms with E-state index in [1.54, 1.807) is 6.92 Å². The van der Waals surface area contributed by atoms with Crippen LogP contribution >= 0.6 is 0 Å². The number of rotatable bonds is 6. The van der Waals surface area contributed by atoms with Crippen molar-refractivity contribution < 1.29 is 14.6 Å². The molecule has 0 saturated carbocycles. The molecule has 3 nitrogen and oxygen atoms in total. The zero-order chi connectivity index (χ0) is 13.6. The van der Waals surface area contributed by atoms with Crippen molar-refractivity contribution in [2.24, 2.45) is 0 Å². The normalized spacial score (nSPS) is 13.4. The Hall–Kier alpha value is -1.06. The van der Waals surface area contributed by atoms with E-state index < -0.39 is 0 Å². The average molecular weight is 252 g/mol. The van der Waals surface area contributed by atoms with E-state index in [2.05, 4.69) is 0 Å². The van der Waals surface area contributed by atoms with Gasteiger partial charge < -0.3 is 14.6 Å². The molecule has 102 valence electrons. The molecule has 0 saturated heterocycles.